The Morgan fingerprint density at radius 3 is 2.50 bits per heavy atom. The third kappa shape index (κ3) is 4.80. The smallest absolute Gasteiger partial charge is 0.0319 e. The van der Waals surface area contributed by atoms with E-state index < -0.39 is 0 Å². The van der Waals surface area contributed by atoms with Crippen LogP contribution < -0.4 is 5.73 Å². The van der Waals surface area contributed by atoms with Crippen molar-refractivity contribution in [2.24, 2.45) is 0 Å². The standard InChI is InChI=1S/C17H27N2S/c1-14-7-6-8-15(2)19(14)12-11-16(18)13-20-17-9-4-3-5-10-17/h3-5,9-10,14-16,18H,6-8,11-13H2,1-2H3/t14-,15+,16-/m1/s1. The van der Waals surface area contributed by atoms with Gasteiger partial charge in [0.25, 0.3) is 0 Å². The molecule has 1 aliphatic heterocycles. The number of likely N-dealkylation sites (tertiary alicyclic amines) is 1. The quantitative estimate of drug-likeness (QED) is 0.738. The zero-order valence-electron chi connectivity index (χ0n) is 12.7. The molecule has 1 heterocycles. The highest BCUT2D eigenvalue weighted by molar-refractivity contribution is 7.99. The monoisotopic (exact) mass is 291 g/mol. The van der Waals surface area contributed by atoms with Crippen molar-refractivity contribution in [1.29, 1.82) is 0 Å². The van der Waals surface area contributed by atoms with E-state index in [0.717, 1.165) is 18.7 Å². The molecule has 1 aromatic carbocycles. The van der Waals surface area contributed by atoms with E-state index in [1.54, 1.807) is 0 Å². The van der Waals surface area contributed by atoms with E-state index in [0.29, 0.717) is 12.1 Å². The molecule has 0 unspecified atom stereocenters. The van der Waals surface area contributed by atoms with Gasteiger partial charge in [-0.25, -0.2) is 0 Å². The van der Waals surface area contributed by atoms with Crippen molar-refractivity contribution >= 4 is 11.8 Å². The maximum atomic E-state index is 8.22. The minimum absolute atomic E-state index is 0.0431. The minimum Gasteiger partial charge on any atom is -0.298 e. The SMILES string of the molecule is C[C@@H]1CCC[C@H](C)N1CC[C@@H]([NH])CSc1ccccc1. The number of thioether (sulfide) groups is 1. The number of nitrogens with zero attached hydrogens (tertiary/aromatic N) is 1. The Morgan fingerprint density at radius 2 is 1.85 bits per heavy atom. The summed E-state index contributed by atoms with van der Waals surface area (Å²) in [6.45, 7) is 5.77. The van der Waals surface area contributed by atoms with Crippen LogP contribution in [0.15, 0.2) is 35.2 Å². The van der Waals surface area contributed by atoms with Crippen molar-refractivity contribution in [2.75, 3.05) is 12.3 Å². The van der Waals surface area contributed by atoms with Crippen LogP contribution in [-0.2, 0) is 0 Å². The molecule has 1 aliphatic rings. The maximum Gasteiger partial charge on any atom is 0.0319 e. The molecule has 1 radical (unpaired) electrons. The summed E-state index contributed by atoms with van der Waals surface area (Å²) in [5.41, 5.74) is 8.22. The lowest BCUT2D eigenvalue weighted by Crippen LogP contribution is -2.45. The zero-order valence-corrected chi connectivity index (χ0v) is 13.5. The van der Waals surface area contributed by atoms with Gasteiger partial charge < -0.3 is 0 Å². The molecule has 1 N–H and O–H groups in total. The molecule has 2 nitrogen and oxygen atoms in total. The minimum atomic E-state index is 0.0431. The first kappa shape index (κ1) is 15.9. The average molecular weight is 291 g/mol. The lowest BCUT2D eigenvalue weighted by Gasteiger charge is -2.39. The predicted octanol–water partition coefficient (Wildman–Crippen LogP) is 4.08. The Balaban J connectivity index is 1.70. The summed E-state index contributed by atoms with van der Waals surface area (Å²) in [7, 11) is 0. The lowest BCUT2D eigenvalue weighted by molar-refractivity contribution is 0.100. The van der Waals surface area contributed by atoms with E-state index in [2.05, 4.69) is 43.0 Å². The van der Waals surface area contributed by atoms with Gasteiger partial charge in [-0.1, -0.05) is 24.6 Å². The van der Waals surface area contributed by atoms with Crippen molar-refractivity contribution in [3.63, 3.8) is 0 Å². The van der Waals surface area contributed by atoms with Crippen LogP contribution in [0.25, 0.3) is 0 Å². The fourth-order valence-electron chi connectivity index (χ4n) is 3.02. The predicted molar refractivity (Wildman–Crippen MR) is 88.1 cm³/mol. The summed E-state index contributed by atoms with van der Waals surface area (Å²) in [5, 5.41) is 0. The summed E-state index contributed by atoms with van der Waals surface area (Å²) in [6.07, 6.45) is 5.01. The number of benzene rings is 1. The van der Waals surface area contributed by atoms with Crippen LogP contribution in [0.5, 0.6) is 0 Å². The summed E-state index contributed by atoms with van der Waals surface area (Å²) in [5.74, 6) is 0.903. The summed E-state index contributed by atoms with van der Waals surface area (Å²) in [6, 6.07) is 11.9. The molecule has 20 heavy (non-hydrogen) atoms. The molecule has 3 heteroatoms. The molecule has 3 atom stereocenters. The third-order valence-corrected chi connectivity index (χ3v) is 5.48. The molecule has 111 valence electrons. The van der Waals surface area contributed by atoms with Crippen LogP contribution in [0.4, 0.5) is 0 Å². The Bertz CT molecular complexity index is 372. The Labute approximate surface area is 128 Å². The summed E-state index contributed by atoms with van der Waals surface area (Å²) < 4.78 is 0. The fourth-order valence-corrected chi connectivity index (χ4v) is 3.93. The molecule has 1 fully saturated rings. The van der Waals surface area contributed by atoms with Gasteiger partial charge in [0, 0.05) is 35.3 Å². The van der Waals surface area contributed by atoms with Gasteiger partial charge in [-0.3, -0.25) is 10.6 Å². The van der Waals surface area contributed by atoms with Gasteiger partial charge in [0.05, 0.1) is 0 Å². The van der Waals surface area contributed by atoms with E-state index in [-0.39, 0.29) is 6.04 Å². The fraction of sp³-hybridized carbons (Fsp3) is 0.647. The van der Waals surface area contributed by atoms with E-state index in [4.69, 9.17) is 5.73 Å². The van der Waals surface area contributed by atoms with Gasteiger partial charge in [0.2, 0.25) is 0 Å². The van der Waals surface area contributed by atoms with Crippen LogP contribution in [0, 0.1) is 0 Å². The highest BCUT2D eigenvalue weighted by atomic mass is 32.2. The molecule has 1 aromatic rings. The van der Waals surface area contributed by atoms with Gasteiger partial charge in [0.15, 0.2) is 0 Å². The first-order valence-corrected chi connectivity index (χ1v) is 8.80. The van der Waals surface area contributed by atoms with E-state index in [1.165, 1.54) is 24.2 Å². The molecule has 2 rings (SSSR count). The Morgan fingerprint density at radius 1 is 1.20 bits per heavy atom. The molecule has 1 saturated heterocycles. The molecule has 0 spiro atoms. The zero-order chi connectivity index (χ0) is 14.4. The molecule has 0 aliphatic carbocycles. The van der Waals surface area contributed by atoms with Gasteiger partial charge in [-0.15, -0.1) is 11.8 Å². The van der Waals surface area contributed by atoms with Gasteiger partial charge >= 0.3 is 0 Å². The third-order valence-electron chi connectivity index (χ3n) is 4.31. The van der Waals surface area contributed by atoms with Gasteiger partial charge in [-0.2, -0.15) is 0 Å². The highest BCUT2D eigenvalue weighted by Crippen LogP contribution is 2.23. The van der Waals surface area contributed by atoms with Crippen molar-refractivity contribution in [3.8, 4) is 0 Å². The highest BCUT2D eigenvalue weighted by Gasteiger charge is 2.24. The van der Waals surface area contributed by atoms with E-state index in [9.17, 15) is 0 Å². The molecule has 0 bridgehead atoms. The second-order valence-electron chi connectivity index (χ2n) is 5.98. The first-order chi connectivity index (χ1) is 9.66. The number of hydrogen-bond acceptors (Lipinski definition) is 2. The van der Waals surface area contributed by atoms with Crippen LogP contribution in [0.2, 0.25) is 0 Å². The molecular formula is C17H27N2S. The number of hydrogen-bond donors (Lipinski definition) is 0. The van der Waals surface area contributed by atoms with Gasteiger partial charge in [0.1, 0.15) is 0 Å². The Hall–Kier alpha value is -0.510. The Kier molecular flexibility index (Phi) is 6.40. The van der Waals surface area contributed by atoms with Crippen molar-refractivity contribution in [1.82, 2.24) is 10.6 Å². The molecular weight excluding hydrogens is 264 g/mol. The average Bonchev–Trinajstić information content (AvgIpc) is 2.46. The number of rotatable bonds is 6. The second-order valence-corrected chi connectivity index (χ2v) is 7.07. The first-order valence-electron chi connectivity index (χ1n) is 7.81. The molecule has 0 aromatic heterocycles. The molecule has 0 amide bonds. The van der Waals surface area contributed by atoms with Crippen molar-refractivity contribution in [3.05, 3.63) is 30.3 Å². The number of piperidine rings is 1. The lowest BCUT2D eigenvalue weighted by atomic mass is 9.97. The van der Waals surface area contributed by atoms with Crippen LogP contribution >= 0.6 is 11.8 Å². The maximum absolute atomic E-state index is 8.22. The van der Waals surface area contributed by atoms with Crippen molar-refractivity contribution in [2.45, 2.75) is 62.6 Å². The van der Waals surface area contributed by atoms with E-state index in [1.807, 2.05) is 17.8 Å². The molecule has 0 saturated carbocycles. The second kappa shape index (κ2) is 8.06. The number of nitrogens with one attached hydrogen (secondary N) is 1. The summed E-state index contributed by atoms with van der Waals surface area (Å²) >= 11 is 1.81. The van der Waals surface area contributed by atoms with Crippen LogP contribution in [0.1, 0.15) is 39.5 Å². The normalized spacial score (nSPS) is 25.6. The largest absolute Gasteiger partial charge is 0.298 e. The van der Waals surface area contributed by atoms with Crippen molar-refractivity contribution < 1.29 is 0 Å². The topological polar surface area (TPSA) is 27.0 Å². The van der Waals surface area contributed by atoms with Crippen LogP contribution in [0.3, 0.4) is 0 Å². The van der Waals surface area contributed by atoms with Crippen LogP contribution in [-0.4, -0.2) is 35.3 Å². The summed E-state index contributed by atoms with van der Waals surface area (Å²) in [4.78, 5) is 3.89. The van der Waals surface area contributed by atoms with Gasteiger partial charge in [-0.05, 0) is 45.2 Å². The van der Waals surface area contributed by atoms with E-state index >= 15 is 0 Å².